The van der Waals surface area contributed by atoms with Crippen molar-refractivity contribution in [1.29, 1.82) is 0 Å². The average Bonchev–Trinajstić information content (AvgIpc) is 2.68. The van der Waals surface area contributed by atoms with Crippen LogP contribution in [-0.4, -0.2) is 48.8 Å². The number of likely N-dealkylation sites (tertiary alicyclic amines) is 1. The van der Waals surface area contributed by atoms with Crippen LogP contribution in [0.1, 0.15) is 46.0 Å². The monoisotopic (exact) mass is 255 g/mol. The zero-order chi connectivity index (χ0) is 13.2. The minimum absolute atomic E-state index is 0.00121. The van der Waals surface area contributed by atoms with Crippen LogP contribution in [0.2, 0.25) is 0 Å². The first kappa shape index (κ1) is 13.8. The summed E-state index contributed by atoms with van der Waals surface area (Å²) < 4.78 is 10.9. The van der Waals surface area contributed by atoms with Crippen molar-refractivity contribution in [3.63, 3.8) is 0 Å². The standard InChI is InChI=1S/C14H25NO3/c1-14(2)8-7-11(18-14)10-15-9-5-4-6-12(15)13(16)17-3/h11-12H,4-10H2,1-3H3. The van der Waals surface area contributed by atoms with Crippen molar-refractivity contribution in [3.8, 4) is 0 Å². The van der Waals surface area contributed by atoms with Crippen molar-refractivity contribution in [2.45, 2.75) is 63.7 Å². The predicted octanol–water partition coefficient (Wildman–Crippen LogP) is 1.97. The molecule has 2 aliphatic rings. The van der Waals surface area contributed by atoms with E-state index >= 15 is 0 Å². The molecule has 2 rings (SSSR count). The Labute approximate surface area is 110 Å². The van der Waals surface area contributed by atoms with E-state index < -0.39 is 0 Å². The lowest BCUT2D eigenvalue weighted by Gasteiger charge is -2.35. The average molecular weight is 255 g/mol. The maximum atomic E-state index is 11.8. The number of hydrogen-bond donors (Lipinski definition) is 0. The Bertz CT molecular complexity index is 303. The van der Waals surface area contributed by atoms with Gasteiger partial charge in [-0.1, -0.05) is 6.42 Å². The van der Waals surface area contributed by atoms with Crippen LogP contribution in [0.3, 0.4) is 0 Å². The highest BCUT2D eigenvalue weighted by Crippen LogP contribution is 2.31. The van der Waals surface area contributed by atoms with Gasteiger partial charge in [-0.05, 0) is 46.1 Å². The molecule has 2 saturated heterocycles. The van der Waals surface area contributed by atoms with Crippen LogP contribution in [0, 0.1) is 0 Å². The van der Waals surface area contributed by atoms with Crippen LogP contribution in [0.4, 0.5) is 0 Å². The molecule has 0 amide bonds. The minimum atomic E-state index is -0.0908. The molecular weight excluding hydrogens is 230 g/mol. The van der Waals surface area contributed by atoms with E-state index in [0.717, 1.165) is 38.8 Å². The number of carbonyl (C=O) groups excluding carboxylic acids is 1. The number of carbonyl (C=O) groups is 1. The summed E-state index contributed by atoms with van der Waals surface area (Å²) in [5.74, 6) is -0.0908. The molecule has 104 valence electrons. The van der Waals surface area contributed by atoms with Crippen molar-refractivity contribution in [3.05, 3.63) is 0 Å². The maximum Gasteiger partial charge on any atom is 0.323 e. The van der Waals surface area contributed by atoms with E-state index in [2.05, 4.69) is 18.7 Å². The van der Waals surface area contributed by atoms with E-state index in [9.17, 15) is 4.79 Å². The van der Waals surface area contributed by atoms with Crippen LogP contribution < -0.4 is 0 Å². The molecule has 2 unspecified atom stereocenters. The van der Waals surface area contributed by atoms with Gasteiger partial charge in [-0.15, -0.1) is 0 Å². The smallest absolute Gasteiger partial charge is 0.323 e. The van der Waals surface area contributed by atoms with Gasteiger partial charge in [0, 0.05) is 6.54 Å². The van der Waals surface area contributed by atoms with Gasteiger partial charge < -0.3 is 9.47 Å². The Morgan fingerprint density at radius 3 is 2.78 bits per heavy atom. The number of rotatable bonds is 3. The molecule has 0 spiro atoms. The minimum Gasteiger partial charge on any atom is -0.468 e. The summed E-state index contributed by atoms with van der Waals surface area (Å²) in [7, 11) is 1.48. The SMILES string of the molecule is COC(=O)C1CCCCN1CC1CCC(C)(C)O1. The fourth-order valence-corrected chi connectivity index (χ4v) is 3.08. The quantitative estimate of drug-likeness (QED) is 0.723. The van der Waals surface area contributed by atoms with Crippen LogP contribution in [-0.2, 0) is 14.3 Å². The first-order valence-electron chi connectivity index (χ1n) is 7.01. The van der Waals surface area contributed by atoms with Gasteiger partial charge in [0.25, 0.3) is 0 Å². The van der Waals surface area contributed by atoms with Crippen molar-refractivity contribution in [1.82, 2.24) is 4.90 Å². The van der Waals surface area contributed by atoms with Gasteiger partial charge in [-0.3, -0.25) is 9.69 Å². The van der Waals surface area contributed by atoms with E-state index in [4.69, 9.17) is 9.47 Å². The van der Waals surface area contributed by atoms with Crippen LogP contribution in [0.15, 0.2) is 0 Å². The van der Waals surface area contributed by atoms with Gasteiger partial charge in [0.2, 0.25) is 0 Å². The highest BCUT2D eigenvalue weighted by atomic mass is 16.5. The van der Waals surface area contributed by atoms with Crippen LogP contribution in [0.5, 0.6) is 0 Å². The third kappa shape index (κ3) is 3.23. The summed E-state index contributed by atoms with van der Waals surface area (Å²) >= 11 is 0. The number of methoxy groups -OCH3 is 1. The molecule has 2 heterocycles. The molecule has 0 aromatic heterocycles. The van der Waals surface area contributed by atoms with Crippen LogP contribution in [0.25, 0.3) is 0 Å². The highest BCUT2D eigenvalue weighted by molar-refractivity contribution is 5.75. The summed E-state index contributed by atoms with van der Waals surface area (Å²) in [6, 6.07) is -0.0592. The number of hydrogen-bond acceptors (Lipinski definition) is 4. The van der Waals surface area contributed by atoms with Crippen molar-refractivity contribution in [2.24, 2.45) is 0 Å². The predicted molar refractivity (Wildman–Crippen MR) is 69.4 cm³/mol. The lowest BCUT2D eigenvalue weighted by atomic mass is 10.0. The van der Waals surface area contributed by atoms with Crippen molar-refractivity contribution >= 4 is 5.97 Å². The molecule has 0 aromatic carbocycles. The van der Waals surface area contributed by atoms with Gasteiger partial charge in [0.05, 0.1) is 18.8 Å². The molecule has 0 bridgehead atoms. The van der Waals surface area contributed by atoms with Crippen molar-refractivity contribution in [2.75, 3.05) is 20.2 Å². The Morgan fingerprint density at radius 2 is 2.17 bits per heavy atom. The second-order valence-electron chi connectivity index (χ2n) is 6.07. The van der Waals surface area contributed by atoms with Gasteiger partial charge in [0.15, 0.2) is 0 Å². The summed E-state index contributed by atoms with van der Waals surface area (Å²) in [6.07, 6.45) is 5.68. The summed E-state index contributed by atoms with van der Waals surface area (Å²) in [5.41, 5.74) is 0.00121. The number of nitrogens with zero attached hydrogens (tertiary/aromatic N) is 1. The fraction of sp³-hybridized carbons (Fsp3) is 0.929. The van der Waals surface area contributed by atoms with E-state index in [1.54, 1.807) is 0 Å². The third-order valence-electron chi connectivity index (χ3n) is 4.08. The molecule has 0 saturated carbocycles. The van der Waals surface area contributed by atoms with Gasteiger partial charge in [-0.25, -0.2) is 0 Å². The maximum absolute atomic E-state index is 11.8. The molecule has 4 heteroatoms. The Hall–Kier alpha value is -0.610. The highest BCUT2D eigenvalue weighted by Gasteiger charge is 2.36. The Kier molecular flexibility index (Phi) is 4.28. The fourth-order valence-electron chi connectivity index (χ4n) is 3.08. The molecule has 0 aromatic rings. The Morgan fingerprint density at radius 1 is 1.39 bits per heavy atom. The normalized spacial score (nSPS) is 32.4. The van der Waals surface area contributed by atoms with Gasteiger partial charge >= 0.3 is 5.97 Å². The molecule has 2 atom stereocenters. The zero-order valence-corrected chi connectivity index (χ0v) is 11.8. The zero-order valence-electron chi connectivity index (χ0n) is 11.8. The first-order valence-corrected chi connectivity index (χ1v) is 7.01. The number of piperidine rings is 1. The van der Waals surface area contributed by atoms with E-state index in [1.165, 1.54) is 13.5 Å². The molecule has 2 aliphatic heterocycles. The molecule has 2 fully saturated rings. The summed E-state index contributed by atoms with van der Waals surface area (Å²) in [5, 5.41) is 0. The lowest BCUT2D eigenvalue weighted by Crippen LogP contribution is -2.48. The third-order valence-corrected chi connectivity index (χ3v) is 4.08. The molecular formula is C14H25NO3. The number of esters is 1. The largest absolute Gasteiger partial charge is 0.468 e. The van der Waals surface area contributed by atoms with E-state index in [-0.39, 0.29) is 23.7 Å². The molecule has 0 aliphatic carbocycles. The lowest BCUT2D eigenvalue weighted by molar-refractivity contribution is -0.149. The van der Waals surface area contributed by atoms with Gasteiger partial charge in [0.1, 0.15) is 6.04 Å². The first-order chi connectivity index (χ1) is 8.52. The van der Waals surface area contributed by atoms with E-state index in [1.807, 2.05) is 0 Å². The van der Waals surface area contributed by atoms with Gasteiger partial charge in [-0.2, -0.15) is 0 Å². The second kappa shape index (κ2) is 5.57. The molecule has 4 nitrogen and oxygen atoms in total. The Balaban J connectivity index is 1.92. The summed E-state index contributed by atoms with van der Waals surface area (Å²) in [6.45, 7) is 6.13. The second-order valence-corrected chi connectivity index (χ2v) is 6.07. The number of ether oxygens (including phenoxy) is 2. The van der Waals surface area contributed by atoms with E-state index in [0.29, 0.717) is 0 Å². The van der Waals surface area contributed by atoms with Crippen molar-refractivity contribution < 1.29 is 14.3 Å². The van der Waals surface area contributed by atoms with Crippen LogP contribution >= 0.6 is 0 Å². The molecule has 18 heavy (non-hydrogen) atoms. The topological polar surface area (TPSA) is 38.8 Å². The molecule has 0 N–H and O–H groups in total. The molecule has 0 radical (unpaired) electrons. The summed E-state index contributed by atoms with van der Waals surface area (Å²) in [4.78, 5) is 14.0.